The summed E-state index contributed by atoms with van der Waals surface area (Å²) in [5, 5.41) is 9.21. The molecule has 1 aromatic carbocycles. The summed E-state index contributed by atoms with van der Waals surface area (Å²) in [5.41, 5.74) is 3.35. The van der Waals surface area contributed by atoms with E-state index >= 15 is 0 Å². The Balaban J connectivity index is 1.48. The Morgan fingerprint density at radius 2 is 1.89 bits per heavy atom. The van der Waals surface area contributed by atoms with Gasteiger partial charge in [-0.05, 0) is 37.0 Å². The molecule has 1 atom stereocenters. The highest BCUT2D eigenvalue weighted by molar-refractivity contribution is 7.92. The first-order chi connectivity index (χ1) is 16.8. The predicted octanol–water partition coefficient (Wildman–Crippen LogP) is 3.22. The standard InChI is InChI=1S/C24H25N3O6S2/c28-22(26-30)13-24(9-10-27(11-12-35(24,31)32)23(29)18-5-6-18)21-8-7-20(34-21)17-3-1-16(2-4-17)19-14-25-15-33-19/h1-4,7-8,14-15,18,30H,5-6,9-13H2,(H,26,28)/t24-/m0/s1. The molecule has 0 bridgehead atoms. The van der Waals surface area contributed by atoms with Crippen molar-refractivity contribution in [2.24, 2.45) is 5.92 Å². The lowest BCUT2D eigenvalue weighted by Gasteiger charge is -2.30. The van der Waals surface area contributed by atoms with E-state index < -0.39 is 26.9 Å². The highest BCUT2D eigenvalue weighted by atomic mass is 32.2. The average Bonchev–Trinajstić information content (AvgIpc) is 3.37. The monoisotopic (exact) mass is 515 g/mol. The van der Waals surface area contributed by atoms with E-state index in [4.69, 9.17) is 4.42 Å². The molecule has 0 radical (unpaired) electrons. The van der Waals surface area contributed by atoms with Crippen LogP contribution in [-0.4, -0.2) is 54.2 Å². The number of oxazole rings is 1. The van der Waals surface area contributed by atoms with Crippen molar-refractivity contribution in [2.75, 3.05) is 18.8 Å². The van der Waals surface area contributed by atoms with Gasteiger partial charge in [0.1, 0.15) is 4.75 Å². The number of rotatable bonds is 6. The van der Waals surface area contributed by atoms with E-state index in [2.05, 4.69) is 4.98 Å². The first-order valence-electron chi connectivity index (χ1n) is 11.4. The molecular formula is C24H25N3O6S2. The third kappa shape index (κ3) is 4.51. The van der Waals surface area contributed by atoms with E-state index in [1.54, 1.807) is 22.6 Å². The maximum Gasteiger partial charge on any atom is 0.245 e. The van der Waals surface area contributed by atoms with Gasteiger partial charge in [0.2, 0.25) is 11.8 Å². The molecule has 184 valence electrons. The number of nitrogens with zero attached hydrogens (tertiary/aromatic N) is 2. The smallest absolute Gasteiger partial charge is 0.245 e. The molecule has 0 spiro atoms. The van der Waals surface area contributed by atoms with Crippen molar-refractivity contribution in [3.8, 4) is 21.8 Å². The highest BCUT2D eigenvalue weighted by Gasteiger charge is 2.50. The van der Waals surface area contributed by atoms with Gasteiger partial charge in [0, 0.05) is 34.3 Å². The van der Waals surface area contributed by atoms with Gasteiger partial charge in [-0.25, -0.2) is 18.9 Å². The van der Waals surface area contributed by atoms with Gasteiger partial charge in [-0.15, -0.1) is 11.3 Å². The summed E-state index contributed by atoms with van der Waals surface area (Å²) < 4.78 is 31.1. The largest absolute Gasteiger partial charge is 0.444 e. The van der Waals surface area contributed by atoms with Crippen molar-refractivity contribution in [3.05, 3.63) is 53.9 Å². The summed E-state index contributed by atoms with van der Waals surface area (Å²) in [6.45, 7) is 0.355. The maximum absolute atomic E-state index is 13.6. The zero-order chi connectivity index (χ0) is 24.6. The van der Waals surface area contributed by atoms with Crippen molar-refractivity contribution in [2.45, 2.75) is 30.4 Å². The van der Waals surface area contributed by atoms with Gasteiger partial charge in [0.05, 0.1) is 18.4 Å². The number of aromatic nitrogens is 1. The Morgan fingerprint density at radius 1 is 1.14 bits per heavy atom. The van der Waals surface area contributed by atoms with Crippen LogP contribution in [-0.2, 0) is 24.2 Å². The van der Waals surface area contributed by atoms with Crippen molar-refractivity contribution >= 4 is 33.0 Å². The fourth-order valence-electron chi connectivity index (χ4n) is 4.57. The Morgan fingerprint density at radius 3 is 2.54 bits per heavy atom. The van der Waals surface area contributed by atoms with E-state index in [0.29, 0.717) is 10.6 Å². The molecule has 9 nitrogen and oxygen atoms in total. The van der Waals surface area contributed by atoms with Gasteiger partial charge in [0.25, 0.3) is 0 Å². The fraction of sp³-hybridized carbons (Fsp3) is 0.375. The Kier molecular flexibility index (Phi) is 6.24. The fourth-order valence-corrected chi connectivity index (χ4v) is 8.18. The second kappa shape index (κ2) is 9.21. The number of thiophene rings is 1. The van der Waals surface area contributed by atoms with E-state index in [-0.39, 0.29) is 37.1 Å². The molecule has 35 heavy (non-hydrogen) atoms. The van der Waals surface area contributed by atoms with Crippen LogP contribution in [0.3, 0.4) is 0 Å². The Hall–Kier alpha value is -3.02. The van der Waals surface area contributed by atoms with Crippen molar-refractivity contribution < 1.29 is 27.6 Å². The van der Waals surface area contributed by atoms with Gasteiger partial charge in [0.15, 0.2) is 22.0 Å². The van der Waals surface area contributed by atoms with E-state index in [1.807, 2.05) is 30.3 Å². The minimum atomic E-state index is -3.83. The van der Waals surface area contributed by atoms with Crippen LogP contribution >= 0.6 is 11.3 Å². The number of hydrogen-bond donors (Lipinski definition) is 2. The molecule has 11 heteroatoms. The normalized spacial score (nSPS) is 21.9. The number of carbonyl (C=O) groups is 2. The number of nitrogens with one attached hydrogen (secondary N) is 1. The third-order valence-corrected chi connectivity index (χ3v) is 10.7. The summed E-state index contributed by atoms with van der Waals surface area (Å²) in [6.07, 6.45) is 4.34. The second-order valence-corrected chi connectivity index (χ2v) is 12.5. The molecule has 2 N–H and O–H groups in total. The average molecular weight is 516 g/mol. The summed E-state index contributed by atoms with van der Waals surface area (Å²) in [7, 11) is -3.83. The quantitative estimate of drug-likeness (QED) is 0.381. The minimum absolute atomic E-state index is 0.0127. The predicted molar refractivity (Wildman–Crippen MR) is 129 cm³/mol. The van der Waals surface area contributed by atoms with Crippen molar-refractivity contribution in [3.63, 3.8) is 0 Å². The number of carbonyl (C=O) groups excluding carboxylic acids is 2. The van der Waals surface area contributed by atoms with Crippen LogP contribution in [0.15, 0.2) is 53.4 Å². The first kappa shape index (κ1) is 23.7. The van der Waals surface area contributed by atoms with Crippen LogP contribution in [0, 0.1) is 5.92 Å². The van der Waals surface area contributed by atoms with Gasteiger partial charge in [-0.3, -0.25) is 14.8 Å². The Labute approximate surface area is 206 Å². The van der Waals surface area contributed by atoms with Gasteiger partial charge in [-0.1, -0.05) is 24.3 Å². The van der Waals surface area contributed by atoms with Crippen LogP contribution in [0.4, 0.5) is 0 Å². The van der Waals surface area contributed by atoms with Gasteiger partial charge >= 0.3 is 0 Å². The number of hydrogen-bond acceptors (Lipinski definition) is 8. The molecule has 5 rings (SSSR count). The molecule has 1 saturated heterocycles. The zero-order valence-corrected chi connectivity index (χ0v) is 20.5. The molecule has 2 fully saturated rings. The molecule has 1 saturated carbocycles. The van der Waals surface area contributed by atoms with Crippen LogP contribution in [0.2, 0.25) is 0 Å². The molecule has 2 amide bonds. The van der Waals surface area contributed by atoms with Crippen molar-refractivity contribution in [1.29, 1.82) is 0 Å². The number of hydroxylamine groups is 1. The van der Waals surface area contributed by atoms with Gasteiger partial charge < -0.3 is 9.32 Å². The topological polar surface area (TPSA) is 130 Å². The van der Waals surface area contributed by atoms with E-state index in [9.17, 15) is 23.2 Å². The van der Waals surface area contributed by atoms with E-state index in [1.165, 1.54) is 17.7 Å². The Bertz CT molecular complexity index is 1330. The molecule has 1 aliphatic carbocycles. The molecule has 1 aliphatic heterocycles. The molecular weight excluding hydrogens is 490 g/mol. The van der Waals surface area contributed by atoms with Crippen LogP contribution in [0.25, 0.3) is 21.8 Å². The van der Waals surface area contributed by atoms with Crippen molar-refractivity contribution in [1.82, 2.24) is 15.4 Å². The molecule has 3 heterocycles. The van der Waals surface area contributed by atoms with E-state index in [0.717, 1.165) is 28.8 Å². The first-order valence-corrected chi connectivity index (χ1v) is 13.8. The second-order valence-electron chi connectivity index (χ2n) is 8.98. The lowest BCUT2D eigenvalue weighted by molar-refractivity contribution is -0.132. The third-order valence-electron chi connectivity index (χ3n) is 6.76. The lowest BCUT2D eigenvalue weighted by atomic mass is 9.97. The molecule has 2 aliphatic rings. The van der Waals surface area contributed by atoms with Crippen LogP contribution in [0.1, 0.15) is 30.6 Å². The summed E-state index contributed by atoms with van der Waals surface area (Å²) >= 11 is 1.31. The molecule has 3 aromatic rings. The molecule has 0 unspecified atom stereocenters. The zero-order valence-electron chi connectivity index (χ0n) is 18.8. The van der Waals surface area contributed by atoms with Gasteiger partial charge in [-0.2, -0.15) is 0 Å². The van der Waals surface area contributed by atoms with Crippen LogP contribution < -0.4 is 5.48 Å². The lowest BCUT2D eigenvalue weighted by Crippen LogP contribution is -2.41. The summed E-state index contributed by atoms with van der Waals surface area (Å²) in [6, 6.07) is 11.2. The maximum atomic E-state index is 13.6. The summed E-state index contributed by atoms with van der Waals surface area (Å²) in [4.78, 5) is 31.9. The SMILES string of the molecule is O=C(C[C@]1(c2ccc(-c3ccc(-c4cnco4)cc3)s2)CCN(C(=O)C2CC2)CCS1(=O)=O)NO. The highest BCUT2D eigenvalue weighted by Crippen LogP contribution is 2.45. The number of sulfone groups is 1. The summed E-state index contributed by atoms with van der Waals surface area (Å²) in [5.74, 6) is -0.391. The number of amides is 2. The molecule has 2 aromatic heterocycles. The van der Waals surface area contributed by atoms with Crippen LogP contribution in [0.5, 0.6) is 0 Å². The minimum Gasteiger partial charge on any atom is -0.444 e. The number of benzene rings is 1.